The first-order valence-electron chi connectivity index (χ1n) is 7.05. The minimum absolute atomic E-state index is 0.0873. The smallest absolute Gasteiger partial charge is 0.333 e. The van der Waals surface area contributed by atoms with Crippen LogP contribution >= 0.6 is 0 Å². The summed E-state index contributed by atoms with van der Waals surface area (Å²) in [5.74, 6) is 0.157. The number of carbonyl (C=O) groups is 1. The predicted molar refractivity (Wildman–Crippen MR) is 74.5 cm³/mol. The minimum atomic E-state index is -0.311. The fourth-order valence-corrected chi connectivity index (χ4v) is 3.79. The molecule has 1 fully saturated rings. The van der Waals surface area contributed by atoms with Crippen molar-refractivity contribution in [1.29, 1.82) is 0 Å². The molecule has 0 bridgehead atoms. The van der Waals surface area contributed by atoms with E-state index in [1.165, 1.54) is 12.7 Å². The Bertz CT molecular complexity index is 424. The number of hydrogen-bond donors (Lipinski definition) is 1. The summed E-state index contributed by atoms with van der Waals surface area (Å²) >= 11 is 0. The second-order valence-corrected chi connectivity index (χ2v) is 6.34. The van der Waals surface area contributed by atoms with Crippen LogP contribution in [0.2, 0.25) is 0 Å². The van der Waals surface area contributed by atoms with Crippen LogP contribution < -0.4 is 0 Å². The molecular weight excluding hydrogens is 240 g/mol. The van der Waals surface area contributed by atoms with Gasteiger partial charge in [-0.25, -0.2) is 4.79 Å². The van der Waals surface area contributed by atoms with Crippen LogP contribution in [0.3, 0.4) is 0 Å². The van der Waals surface area contributed by atoms with Crippen molar-refractivity contribution in [2.24, 2.45) is 17.3 Å². The van der Waals surface area contributed by atoms with E-state index >= 15 is 0 Å². The van der Waals surface area contributed by atoms with E-state index < -0.39 is 0 Å². The third-order valence-corrected chi connectivity index (χ3v) is 4.82. The summed E-state index contributed by atoms with van der Waals surface area (Å²) in [5, 5.41) is 9.97. The van der Waals surface area contributed by atoms with Gasteiger partial charge >= 0.3 is 5.97 Å². The second-order valence-electron chi connectivity index (χ2n) is 6.34. The molecule has 2 aliphatic carbocycles. The maximum Gasteiger partial charge on any atom is 0.333 e. The Morgan fingerprint density at radius 2 is 2.26 bits per heavy atom. The van der Waals surface area contributed by atoms with Crippen molar-refractivity contribution in [1.82, 2.24) is 0 Å². The number of ether oxygens (including phenoxy) is 1. The molecule has 0 saturated heterocycles. The average molecular weight is 264 g/mol. The number of carbonyl (C=O) groups excluding carboxylic acids is 1. The monoisotopic (exact) mass is 264 g/mol. The van der Waals surface area contributed by atoms with Crippen molar-refractivity contribution >= 4 is 5.97 Å². The highest BCUT2D eigenvalue weighted by Crippen LogP contribution is 2.51. The standard InChI is InChI=1S/C16H24O3/c1-10-7-13(17)9-16(3)6-5-12(8-14(10)16)11(2)15(18)19-4/h8,10,12-13,17H,2,5-7,9H2,1,3-4H3/t10-,12+,13-,16-/m0/s1. The van der Waals surface area contributed by atoms with E-state index in [9.17, 15) is 9.90 Å². The highest BCUT2D eigenvalue weighted by atomic mass is 16.5. The van der Waals surface area contributed by atoms with Crippen LogP contribution in [-0.4, -0.2) is 24.3 Å². The van der Waals surface area contributed by atoms with E-state index in [0.29, 0.717) is 11.5 Å². The predicted octanol–water partition coefficient (Wildman–Crippen LogP) is 2.85. The van der Waals surface area contributed by atoms with Crippen LogP contribution in [0.25, 0.3) is 0 Å². The van der Waals surface area contributed by atoms with Gasteiger partial charge in [-0.3, -0.25) is 0 Å². The van der Waals surface area contributed by atoms with Gasteiger partial charge in [-0.1, -0.05) is 32.1 Å². The van der Waals surface area contributed by atoms with Crippen molar-refractivity contribution < 1.29 is 14.6 Å². The van der Waals surface area contributed by atoms with Crippen LogP contribution in [0.1, 0.15) is 39.5 Å². The van der Waals surface area contributed by atoms with Gasteiger partial charge in [0.1, 0.15) is 0 Å². The van der Waals surface area contributed by atoms with Crippen molar-refractivity contribution in [3.63, 3.8) is 0 Å². The van der Waals surface area contributed by atoms with Gasteiger partial charge in [0.2, 0.25) is 0 Å². The fraction of sp³-hybridized carbons (Fsp3) is 0.688. The van der Waals surface area contributed by atoms with Crippen LogP contribution in [0, 0.1) is 17.3 Å². The number of esters is 1. The normalized spacial score (nSPS) is 38.1. The summed E-state index contributed by atoms with van der Waals surface area (Å²) in [6.07, 6.45) is 5.57. The summed E-state index contributed by atoms with van der Waals surface area (Å²) in [4.78, 5) is 11.6. The van der Waals surface area contributed by atoms with Crippen molar-refractivity contribution in [2.75, 3.05) is 7.11 Å². The Hall–Kier alpha value is -1.09. The molecule has 0 aromatic carbocycles. The lowest BCUT2D eigenvalue weighted by molar-refractivity contribution is -0.136. The molecule has 3 nitrogen and oxygen atoms in total. The number of fused-ring (bicyclic) bond motifs is 1. The van der Waals surface area contributed by atoms with Gasteiger partial charge in [0.15, 0.2) is 0 Å². The number of allylic oxidation sites excluding steroid dienone is 2. The third-order valence-electron chi connectivity index (χ3n) is 4.82. The Kier molecular flexibility index (Phi) is 3.86. The molecule has 0 aromatic rings. The molecule has 0 spiro atoms. The molecule has 0 unspecified atom stereocenters. The van der Waals surface area contributed by atoms with Crippen LogP contribution in [0.15, 0.2) is 23.8 Å². The number of aliphatic hydroxyl groups is 1. The quantitative estimate of drug-likeness (QED) is 0.474. The number of rotatable bonds is 2. The highest BCUT2D eigenvalue weighted by molar-refractivity contribution is 5.88. The SMILES string of the molecule is C=C(C(=O)OC)[C@H]1C=C2[C@@H](C)C[C@H](O)C[C@]2(C)CC1. The molecule has 4 atom stereocenters. The first kappa shape index (κ1) is 14.3. The summed E-state index contributed by atoms with van der Waals surface area (Å²) < 4.78 is 4.76. The molecule has 2 rings (SSSR count). The van der Waals surface area contributed by atoms with Crippen LogP contribution in [-0.2, 0) is 9.53 Å². The zero-order chi connectivity index (χ0) is 14.2. The maximum atomic E-state index is 11.6. The van der Waals surface area contributed by atoms with Gasteiger partial charge in [-0.05, 0) is 37.0 Å². The summed E-state index contributed by atoms with van der Waals surface area (Å²) in [6.45, 7) is 8.27. The summed E-state index contributed by atoms with van der Waals surface area (Å²) in [7, 11) is 1.40. The topological polar surface area (TPSA) is 46.5 Å². The van der Waals surface area contributed by atoms with E-state index in [1.807, 2.05) is 0 Å². The molecule has 1 N–H and O–H groups in total. The zero-order valence-electron chi connectivity index (χ0n) is 12.1. The molecule has 0 heterocycles. The van der Waals surface area contributed by atoms with Gasteiger partial charge in [0.05, 0.1) is 13.2 Å². The van der Waals surface area contributed by atoms with Crippen molar-refractivity contribution in [3.8, 4) is 0 Å². The van der Waals surface area contributed by atoms with Gasteiger partial charge in [0.25, 0.3) is 0 Å². The van der Waals surface area contributed by atoms with Crippen molar-refractivity contribution in [3.05, 3.63) is 23.8 Å². The van der Waals surface area contributed by atoms with Gasteiger partial charge in [-0.15, -0.1) is 0 Å². The fourth-order valence-electron chi connectivity index (χ4n) is 3.79. The maximum absolute atomic E-state index is 11.6. The Morgan fingerprint density at radius 1 is 1.58 bits per heavy atom. The number of aliphatic hydroxyl groups excluding tert-OH is 1. The first-order chi connectivity index (χ1) is 8.87. The molecule has 0 aliphatic heterocycles. The molecule has 106 valence electrons. The summed E-state index contributed by atoms with van der Waals surface area (Å²) in [6, 6.07) is 0. The van der Waals surface area contributed by atoms with Gasteiger partial charge in [0, 0.05) is 11.5 Å². The van der Waals surface area contributed by atoms with E-state index in [2.05, 4.69) is 26.5 Å². The highest BCUT2D eigenvalue weighted by Gasteiger charge is 2.42. The molecule has 19 heavy (non-hydrogen) atoms. The molecule has 0 radical (unpaired) electrons. The average Bonchev–Trinajstić information content (AvgIpc) is 2.35. The lowest BCUT2D eigenvalue weighted by Gasteiger charge is -2.46. The zero-order valence-corrected chi connectivity index (χ0v) is 12.1. The molecule has 0 amide bonds. The molecule has 0 aromatic heterocycles. The first-order valence-corrected chi connectivity index (χ1v) is 7.05. The minimum Gasteiger partial charge on any atom is -0.466 e. The van der Waals surface area contributed by atoms with Crippen molar-refractivity contribution in [2.45, 2.75) is 45.6 Å². The second kappa shape index (κ2) is 5.12. The third kappa shape index (κ3) is 2.62. The Morgan fingerprint density at radius 3 is 2.89 bits per heavy atom. The van der Waals surface area contributed by atoms with E-state index in [1.54, 1.807) is 0 Å². The van der Waals surface area contributed by atoms with E-state index in [4.69, 9.17) is 4.74 Å². The largest absolute Gasteiger partial charge is 0.466 e. The van der Waals surface area contributed by atoms with Gasteiger partial charge in [-0.2, -0.15) is 0 Å². The lowest BCUT2D eigenvalue weighted by Crippen LogP contribution is -2.38. The molecule has 2 aliphatic rings. The van der Waals surface area contributed by atoms with E-state index in [0.717, 1.165) is 25.7 Å². The molecule has 3 heteroatoms. The lowest BCUT2D eigenvalue weighted by atomic mass is 9.60. The van der Waals surface area contributed by atoms with Gasteiger partial charge < -0.3 is 9.84 Å². The van der Waals surface area contributed by atoms with E-state index in [-0.39, 0.29) is 23.4 Å². The number of methoxy groups -OCH3 is 1. The Balaban J connectivity index is 2.25. The van der Waals surface area contributed by atoms with Crippen LogP contribution in [0.4, 0.5) is 0 Å². The Labute approximate surface area is 115 Å². The molecular formula is C16H24O3. The number of hydrogen-bond acceptors (Lipinski definition) is 3. The van der Waals surface area contributed by atoms with Crippen LogP contribution in [0.5, 0.6) is 0 Å². The summed E-state index contributed by atoms with van der Waals surface area (Å²) in [5.41, 5.74) is 2.03. The molecule has 1 saturated carbocycles.